The summed E-state index contributed by atoms with van der Waals surface area (Å²) in [5.41, 5.74) is 0. The van der Waals surface area contributed by atoms with Gasteiger partial charge in [0.05, 0.1) is 11.8 Å². The van der Waals surface area contributed by atoms with Crippen molar-refractivity contribution in [3.8, 4) is 0 Å². The molecule has 0 N–H and O–H groups in total. The minimum absolute atomic E-state index is 0.0165. The van der Waals surface area contributed by atoms with Crippen molar-refractivity contribution in [3.05, 3.63) is 0 Å². The molecule has 2 saturated heterocycles. The van der Waals surface area contributed by atoms with E-state index in [9.17, 15) is 9.59 Å². The predicted octanol–water partition coefficient (Wildman–Crippen LogP) is 1.70. The third-order valence-corrected chi connectivity index (χ3v) is 6.30. The quantitative estimate of drug-likeness (QED) is 0.658. The molecule has 0 amide bonds. The maximum atomic E-state index is 12.0. The lowest BCUT2D eigenvalue weighted by atomic mass is 9.68. The van der Waals surface area contributed by atoms with Crippen molar-refractivity contribution in [1.29, 1.82) is 0 Å². The lowest BCUT2D eigenvalue weighted by molar-refractivity contribution is -0.182. The van der Waals surface area contributed by atoms with Crippen LogP contribution >= 0.6 is 0 Å². The van der Waals surface area contributed by atoms with E-state index >= 15 is 0 Å². The molecule has 2 saturated carbocycles. The summed E-state index contributed by atoms with van der Waals surface area (Å²) < 4.78 is 23.4. The zero-order valence-corrected chi connectivity index (χ0v) is 14.3. The van der Waals surface area contributed by atoms with E-state index in [4.69, 9.17) is 18.9 Å². The van der Waals surface area contributed by atoms with E-state index in [1.807, 2.05) is 13.8 Å². The van der Waals surface area contributed by atoms with Gasteiger partial charge in [0.1, 0.15) is 24.4 Å². The van der Waals surface area contributed by atoms with E-state index in [0.29, 0.717) is 13.2 Å². The summed E-state index contributed by atoms with van der Waals surface area (Å²) >= 11 is 0. The van der Waals surface area contributed by atoms with E-state index in [-0.39, 0.29) is 60.0 Å². The molecule has 6 nitrogen and oxygen atoms in total. The molecule has 2 aliphatic heterocycles. The minimum Gasteiger partial charge on any atom is -0.459 e. The number of cyclic esters (lactones) is 2. The smallest absolute Gasteiger partial charge is 0.309 e. The molecule has 2 heterocycles. The van der Waals surface area contributed by atoms with Gasteiger partial charge in [0.2, 0.25) is 0 Å². The topological polar surface area (TPSA) is 71.1 Å². The number of fused-ring (bicyclic) bond motifs is 2. The molecule has 0 aromatic rings. The normalized spacial score (nSPS) is 42.2. The first-order chi connectivity index (χ1) is 11.7. The summed E-state index contributed by atoms with van der Waals surface area (Å²) in [4.78, 5) is 24.1. The zero-order chi connectivity index (χ0) is 16.8. The molecule has 2 aliphatic carbocycles. The molecule has 134 valence electrons. The van der Waals surface area contributed by atoms with Crippen LogP contribution in [-0.4, -0.2) is 49.6 Å². The van der Waals surface area contributed by atoms with E-state index in [2.05, 4.69) is 0 Å². The average Bonchev–Trinajstić information content (AvgIpc) is 2.81. The molecule has 4 rings (SSSR count). The third kappa shape index (κ3) is 2.37. The van der Waals surface area contributed by atoms with Crippen LogP contribution in [0, 0.1) is 23.7 Å². The molecule has 24 heavy (non-hydrogen) atoms. The zero-order valence-electron chi connectivity index (χ0n) is 14.3. The molecule has 0 spiro atoms. The van der Waals surface area contributed by atoms with E-state index in [1.165, 1.54) is 0 Å². The summed E-state index contributed by atoms with van der Waals surface area (Å²) in [6.45, 7) is 4.87. The van der Waals surface area contributed by atoms with Gasteiger partial charge in [0.25, 0.3) is 0 Å². The van der Waals surface area contributed by atoms with Crippen molar-refractivity contribution < 1.29 is 28.5 Å². The van der Waals surface area contributed by atoms with Gasteiger partial charge in [-0.15, -0.1) is 0 Å². The van der Waals surface area contributed by atoms with Crippen molar-refractivity contribution in [3.63, 3.8) is 0 Å². The van der Waals surface area contributed by atoms with Crippen molar-refractivity contribution in [2.24, 2.45) is 23.7 Å². The van der Waals surface area contributed by atoms with E-state index < -0.39 is 0 Å². The largest absolute Gasteiger partial charge is 0.459 e. The first-order valence-corrected chi connectivity index (χ1v) is 9.29. The van der Waals surface area contributed by atoms with Gasteiger partial charge in [-0.05, 0) is 39.5 Å². The van der Waals surface area contributed by atoms with Gasteiger partial charge in [-0.25, -0.2) is 0 Å². The summed E-state index contributed by atoms with van der Waals surface area (Å²) in [5.74, 6) is 0.241. The van der Waals surface area contributed by atoms with Crippen LogP contribution in [-0.2, 0) is 28.5 Å². The highest BCUT2D eigenvalue weighted by molar-refractivity contribution is 5.77. The number of rotatable bonds is 7. The lowest BCUT2D eigenvalue weighted by Gasteiger charge is -2.40. The van der Waals surface area contributed by atoms with Crippen LogP contribution in [0.4, 0.5) is 0 Å². The molecule has 6 heteroatoms. The second kappa shape index (κ2) is 6.30. The number of hydrogen-bond acceptors (Lipinski definition) is 6. The Bertz CT molecular complexity index is 474. The number of ether oxygens (including phenoxy) is 4. The molecular formula is C18H26O6. The maximum Gasteiger partial charge on any atom is 0.309 e. The van der Waals surface area contributed by atoms with Crippen molar-refractivity contribution in [2.45, 2.75) is 63.9 Å². The van der Waals surface area contributed by atoms with Gasteiger partial charge in [0.15, 0.2) is 0 Å². The number of esters is 2. The first kappa shape index (κ1) is 16.3. The van der Waals surface area contributed by atoms with Crippen LogP contribution in [0.2, 0.25) is 0 Å². The predicted molar refractivity (Wildman–Crippen MR) is 83.0 cm³/mol. The second-order valence-corrected chi connectivity index (χ2v) is 7.34. The third-order valence-electron chi connectivity index (χ3n) is 6.30. The molecule has 4 fully saturated rings. The van der Waals surface area contributed by atoms with E-state index in [1.54, 1.807) is 0 Å². The fourth-order valence-electron chi connectivity index (χ4n) is 4.80. The fourth-order valence-corrected chi connectivity index (χ4v) is 4.80. The average molecular weight is 338 g/mol. The van der Waals surface area contributed by atoms with Crippen LogP contribution in [0.5, 0.6) is 0 Å². The molecule has 4 aliphatic rings. The standard InChI is InChI=1S/C18H26O6/c1-3-21-15(13-9-5-7-11(9)17(19)23-13)16(22-4-2)14-10-6-8-12(10)18(20)24-14/h9-16H,3-8H2,1-2H3/t9-,10-,11+,12+,13-,14-,15-,16-/m1/s1. The maximum absolute atomic E-state index is 12.0. The van der Waals surface area contributed by atoms with Crippen LogP contribution in [0.1, 0.15) is 39.5 Å². The van der Waals surface area contributed by atoms with Crippen LogP contribution in [0.15, 0.2) is 0 Å². The summed E-state index contributed by atoms with van der Waals surface area (Å²) in [7, 11) is 0. The minimum atomic E-state index is -0.369. The summed E-state index contributed by atoms with van der Waals surface area (Å²) in [6.07, 6.45) is 2.47. The Morgan fingerprint density at radius 2 is 1.25 bits per heavy atom. The van der Waals surface area contributed by atoms with Gasteiger partial charge < -0.3 is 18.9 Å². The molecule has 0 bridgehead atoms. The van der Waals surface area contributed by atoms with Crippen molar-refractivity contribution in [2.75, 3.05) is 13.2 Å². The Hall–Kier alpha value is -1.14. The highest BCUT2D eigenvalue weighted by Crippen LogP contribution is 2.50. The van der Waals surface area contributed by atoms with Gasteiger partial charge in [-0.1, -0.05) is 0 Å². The van der Waals surface area contributed by atoms with Gasteiger partial charge in [-0.3, -0.25) is 9.59 Å². The van der Waals surface area contributed by atoms with Crippen molar-refractivity contribution in [1.82, 2.24) is 0 Å². The monoisotopic (exact) mass is 338 g/mol. The molecular weight excluding hydrogens is 312 g/mol. The highest BCUT2D eigenvalue weighted by Gasteiger charge is 2.59. The van der Waals surface area contributed by atoms with E-state index in [0.717, 1.165) is 25.7 Å². The summed E-state index contributed by atoms with van der Waals surface area (Å²) in [6, 6.07) is 0. The van der Waals surface area contributed by atoms with Crippen molar-refractivity contribution >= 4 is 11.9 Å². The van der Waals surface area contributed by atoms with Crippen LogP contribution in [0.3, 0.4) is 0 Å². The van der Waals surface area contributed by atoms with Gasteiger partial charge in [-0.2, -0.15) is 0 Å². The number of carbonyl (C=O) groups is 2. The molecule has 0 radical (unpaired) electrons. The summed E-state index contributed by atoms with van der Waals surface area (Å²) in [5, 5.41) is 0. The lowest BCUT2D eigenvalue weighted by Crippen LogP contribution is -2.53. The Morgan fingerprint density at radius 1 is 0.833 bits per heavy atom. The Balaban J connectivity index is 1.57. The molecule has 0 unspecified atom stereocenters. The second-order valence-electron chi connectivity index (χ2n) is 7.34. The fraction of sp³-hybridized carbons (Fsp3) is 0.889. The number of carbonyl (C=O) groups excluding carboxylic acids is 2. The van der Waals surface area contributed by atoms with Crippen LogP contribution in [0.25, 0.3) is 0 Å². The first-order valence-electron chi connectivity index (χ1n) is 9.29. The molecule has 8 atom stereocenters. The Kier molecular flexibility index (Phi) is 4.29. The highest BCUT2D eigenvalue weighted by atomic mass is 16.6. The van der Waals surface area contributed by atoms with Gasteiger partial charge >= 0.3 is 11.9 Å². The van der Waals surface area contributed by atoms with Crippen LogP contribution < -0.4 is 0 Å². The molecule has 0 aromatic heterocycles. The number of hydrogen-bond donors (Lipinski definition) is 0. The molecule has 0 aromatic carbocycles. The Labute approximate surface area is 142 Å². The Morgan fingerprint density at radius 3 is 1.50 bits per heavy atom. The SMILES string of the molecule is CCO[C@@H]([C@H](OCC)[C@@H]1OC(=O)[C@H]2CC[C@@H]12)[C@@H]1OC(=O)[C@H]2CC[C@@H]12. The van der Waals surface area contributed by atoms with Gasteiger partial charge in [0, 0.05) is 25.0 Å².